The topological polar surface area (TPSA) is 129 Å². The summed E-state index contributed by atoms with van der Waals surface area (Å²) in [4.78, 5) is 23.1. The molecule has 40 heavy (non-hydrogen) atoms. The highest BCUT2D eigenvalue weighted by Crippen LogP contribution is 2.52. The van der Waals surface area contributed by atoms with E-state index >= 15 is 0 Å². The largest absolute Gasteiger partial charge is 0.463 e. The molecule has 4 aliphatic heterocycles. The van der Waals surface area contributed by atoms with Crippen molar-refractivity contribution in [3.63, 3.8) is 0 Å². The van der Waals surface area contributed by atoms with Crippen LogP contribution in [0.3, 0.4) is 0 Å². The quantitative estimate of drug-likeness (QED) is 0.509. The molecule has 2 aliphatic carbocycles. The Hall–Kier alpha value is -2.72. The van der Waals surface area contributed by atoms with Crippen molar-refractivity contribution in [1.82, 2.24) is 25.2 Å². The van der Waals surface area contributed by atoms with E-state index in [0.29, 0.717) is 41.2 Å². The molecule has 1 saturated carbocycles. The number of hydrogen-bond acceptors (Lipinski definition) is 12. The van der Waals surface area contributed by atoms with Crippen molar-refractivity contribution in [2.24, 2.45) is 5.41 Å². The molecule has 2 aromatic heterocycles. The first-order chi connectivity index (χ1) is 19.5. The second-order valence-electron chi connectivity index (χ2n) is 12.8. The second-order valence-corrected chi connectivity index (χ2v) is 14.0. The van der Waals surface area contributed by atoms with Gasteiger partial charge in [-0.15, -0.1) is 11.3 Å². The maximum atomic E-state index is 9.80. The summed E-state index contributed by atoms with van der Waals surface area (Å²) in [5.41, 5.74) is 8.22. The van der Waals surface area contributed by atoms with Gasteiger partial charge in [0, 0.05) is 73.6 Å². The van der Waals surface area contributed by atoms with E-state index in [4.69, 9.17) is 30.2 Å². The van der Waals surface area contributed by atoms with Crippen LogP contribution in [-0.4, -0.2) is 97.6 Å². The number of hydrogen-bond donors (Lipinski definition) is 2. The van der Waals surface area contributed by atoms with Crippen LogP contribution in [0.1, 0.15) is 48.1 Å². The summed E-state index contributed by atoms with van der Waals surface area (Å²) >= 11 is 1.59. The van der Waals surface area contributed by atoms with Gasteiger partial charge in [0.25, 0.3) is 0 Å². The molecule has 6 heterocycles. The lowest BCUT2D eigenvalue weighted by Gasteiger charge is -2.48. The van der Waals surface area contributed by atoms with Crippen LogP contribution in [0.5, 0.6) is 6.01 Å². The minimum absolute atomic E-state index is 0.0350. The highest BCUT2D eigenvalue weighted by Gasteiger charge is 2.52. The first-order valence-corrected chi connectivity index (χ1v) is 15.6. The van der Waals surface area contributed by atoms with E-state index in [1.807, 2.05) is 0 Å². The molecule has 2 aromatic rings. The molecule has 212 valence electrons. The normalized spacial score (nSPS) is 27.9. The zero-order valence-corrected chi connectivity index (χ0v) is 23.7. The van der Waals surface area contributed by atoms with Crippen LogP contribution < -0.4 is 25.6 Å². The highest BCUT2D eigenvalue weighted by molar-refractivity contribution is 7.16. The number of morpholine rings is 1. The van der Waals surface area contributed by atoms with E-state index < -0.39 is 0 Å². The Balaban J connectivity index is 1.03. The Morgan fingerprint density at radius 2 is 1.77 bits per heavy atom. The number of nitrogens with two attached hydrogens (primary N) is 1. The number of aryl methyl sites for hydroxylation is 1. The summed E-state index contributed by atoms with van der Waals surface area (Å²) in [7, 11) is 0. The number of thiophene rings is 1. The van der Waals surface area contributed by atoms with Crippen LogP contribution in [0.4, 0.5) is 16.9 Å². The van der Waals surface area contributed by atoms with Crippen LogP contribution in [0.25, 0.3) is 0 Å². The number of fused-ring (bicyclic) bond motifs is 4. The zero-order chi connectivity index (χ0) is 26.9. The molecule has 1 spiro atoms. The van der Waals surface area contributed by atoms with Gasteiger partial charge in [-0.2, -0.15) is 20.2 Å². The maximum Gasteiger partial charge on any atom is 0.323 e. The molecule has 11 nitrogen and oxygen atoms in total. The first-order valence-electron chi connectivity index (χ1n) is 14.8. The number of aromatic nitrogens is 3. The van der Waals surface area contributed by atoms with Crippen molar-refractivity contribution < 1.29 is 9.47 Å². The van der Waals surface area contributed by atoms with Crippen molar-refractivity contribution in [2.75, 3.05) is 81.2 Å². The third-order valence-corrected chi connectivity index (χ3v) is 11.0. The average molecular weight is 564 g/mol. The van der Waals surface area contributed by atoms with E-state index in [1.54, 1.807) is 11.3 Å². The number of ether oxygens (including phenoxy) is 2. The predicted octanol–water partition coefficient (Wildman–Crippen LogP) is 1.52. The van der Waals surface area contributed by atoms with E-state index in [-0.39, 0.29) is 10.8 Å². The number of anilines is 3. The van der Waals surface area contributed by atoms with E-state index in [2.05, 4.69) is 26.1 Å². The average Bonchev–Trinajstić information content (AvgIpc) is 3.32. The van der Waals surface area contributed by atoms with Gasteiger partial charge in [-0.25, -0.2) is 0 Å². The summed E-state index contributed by atoms with van der Waals surface area (Å²) in [6.45, 7) is 8.71. The smallest absolute Gasteiger partial charge is 0.323 e. The van der Waals surface area contributed by atoms with Gasteiger partial charge in [-0.1, -0.05) is 0 Å². The maximum absolute atomic E-state index is 9.80. The zero-order valence-electron chi connectivity index (χ0n) is 22.9. The number of nitrogens with one attached hydrogen (secondary N) is 1. The molecule has 12 heteroatoms. The minimum atomic E-state index is -0.0350. The molecule has 2 bridgehead atoms. The highest BCUT2D eigenvalue weighted by atomic mass is 32.1. The first kappa shape index (κ1) is 25.0. The van der Waals surface area contributed by atoms with Gasteiger partial charge in [0.05, 0.1) is 25.4 Å². The van der Waals surface area contributed by atoms with Crippen LogP contribution >= 0.6 is 11.3 Å². The van der Waals surface area contributed by atoms with E-state index in [9.17, 15) is 5.26 Å². The summed E-state index contributed by atoms with van der Waals surface area (Å²) in [5.74, 6) is 1.41. The molecule has 8 rings (SSSR count). The summed E-state index contributed by atoms with van der Waals surface area (Å²) in [6.07, 6.45) is 6.80. The van der Waals surface area contributed by atoms with Gasteiger partial charge in [0.15, 0.2) is 0 Å². The van der Waals surface area contributed by atoms with Gasteiger partial charge in [-0.3, -0.25) is 4.90 Å². The standard InChI is InChI=1S/C28H37N9O2S/c29-11-20-22-21(40-23(20)30)3-4-28(22)15-37(16-28)25-32-24(36-12-18-1-2-19(13-36)31-18)33-26(34-25)39-17-27(5-6-27)14-35-7-9-38-10-8-35/h18-19,31H,1-10,12-17,30H2/t18-,19?/m1/s1. The SMILES string of the molecule is N#Cc1c(N)sc2c1C1(CC2)CN(c2nc(OCC3(CN4CCOCC4)CC3)nc(N3CC4CC[C@H](C3)N4)n2)C1. The summed E-state index contributed by atoms with van der Waals surface area (Å²) < 4.78 is 11.9. The lowest BCUT2D eigenvalue weighted by atomic mass is 9.74. The number of nitrogens with zero attached hydrogens (tertiary/aromatic N) is 7. The number of nitrogen functional groups attached to an aromatic ring is 1. The lowest BCUT2D eigenvalue weighted by Crippen LogP contribution is -2.59. The van der Waals surface area contributed by atoms with Crippen molar-refractivity contribution in [2.45, 2.75) is 56.0 Å². The van der Waals surface area contributed by atoms with E-state index in [0.717, 1.165) is 77.8 Å². The van der Waals surface area contributed by atoms with E-state index in [1.165, 1.54) is 36.1 Å². The molecule has 2 atom stereocenters. The molecule has 4 saturated heterocycles. The number of rotatable bonds is 7. The minimum Gasteiger partial charge on any atom is -0.463 e. The Morgan fingerprint density at radius 1 is 1.05 bits per heavy atom. The van der Waals surface area contributed by atoms with Crippen LogP contribution in [-0.2, 0) is 16.6 Å². The number of nitriles is 1. The molecule has 0 radical (unpaired) electrons. The fraction of sp³-hybridized carbons (Fsp3) is 0.714. The fourth-order valence-electron chi connectivity index (χ4n) is 7.58. The van der Waals surface area contributed by atoms with Crippen LogP contribution in [0, 0.1) is 16.7 Å². The number of piperazine rings is 1. The van der Waals surface area contributed by atoms with Crippen molar-refractivity contribution >= 4 is 28.2 Å². The summed E-state index contributed by atoms with van der Waals surface area (Å²) in [5, 5.41) is 14.2. The van der Waals surface area contributed by atoms with Crippen LogP contribution in [0.15, 0.2) is 0 Å². The molecule has 0 amide bonds. The lowest BCUT2D eigenvalue weighted by molar-refractivity contribution is 0.0231. The Kier molecular flexibility index (Phi) is 5.89. The molecule has 6 aliphatic rings. The molecule has 5 fully saturated rings. The van der Waals surface area contributed by atoms with Crippen molar-refractivity contribution in [3.05, 3.63) is 16.0 Å². The predicted molar refractivity (Wildman–Crippen MR) is 152 cm³/mol. The van der Waals surface area contributed by atoms with Gasteiger partial charge < -0.3 is 30.3 Å². The third-order valence-electron chi connectivity index (χ3n) is 9.97. The Morgan fingerprint density at radius 3 is 2.48 bits per heavy atom. The van der Waals surface area contributed by atoms with Gasteiger partial charge in [0.1, 0.15) is 11.1 Å². The molecule has 0 aromatic carbocycles. The third kappa shape index (κ3) is 4.29. The Bertz CT molecular complexity index is 1330. The Labute approximate surface area is 238 Å². The van der Waals surface area contributed by atoms with Crippen molar-refractivity contribution in [3.8, 4) is 12.1 Å². The second kappa shape index (κ2) is 9.41. The van der Waals surface area contributed by atoms with Crippen LogP contribution in [0.2, 0.25) is 0 Å². The molecule has 1 unspecified atom stereocenters. The summed E-state index contributed by atoms with van der Waals surface area (Å²) in [6, 6.07) is 3.79. The molecular weight excluding hydrogens is 526 g/mol. The molecule has 3 N–H and O–H groups in total. The monoisotopic (exact) mass is 563 g/mol. The van der Waals surface area contributed by atoms with Gasteiger partial charge >= 0.3 is 6.01 Å². The van der Waals surface area contributed by atoms with Gasteiger partial charge in [-0.05, 0) is 44.1 Å². The van der Waals surface area contributed by atoms with Gasteiger partial charge in [0.2, 0.25) is 11.9 Å². The molecular formula is C28H37N9O2S. The van der Waals surface area contributed by atoms with Crippen molar-refractivity contribution in [1.29, 1.82) is 5.26 Å². The fourth-order valence-corrected chi connectivity index (χ4v) is 8.72.